The average Bonchev–Trinajstić information content (AvgIpc) is 2.71. The van der Waals surface area contributed by atoms with Crippen LogP contribution in [0.3, 0.4) is 0 Å². The lowest BCUT2D eigenvalue weighted by atomic mass is 10.0. The molecule has 8 heteroatoms. The number of ether oxygens (including phenoxy) is 3. The number of aryl methyl sites for hydroxylation is 1. The minimum absolute atomic E-state index is 0.0145. The monoisotopic (exact) mass is 439 g/mol. The van der Waals surface area contributed by atoms with Crippen LogP contribution in [-0.2, 0) is 20.7 Å². The predicted molar refractivity (Wildman–Crippen MR) is 112 cm³/mol. The molecular formula is C21H23Cl2NO5. The van der Waals surface area contributed by atoms with Crippen LogP contribution in [0.4, 0.5) is 0 Å². The van der Waals surface area contributed by atoms with Gasteiger partial charge in [-0.15, -0.1) is 0 Å². The Kier molecular flexibility index (Phi) is 8.61. The van der Waals surface area contributed by atoms with Crippen LogP contribution in [0.1, 0.15) is 30.0 Å². The Morgan fingerprint density at radius 1 is 1.00 bits per heavy atom. The molecule has 1 N–H and O–H groups in total. The van der Waals surface area contributed by atoms with Gasteiger partial charge in [-0.25, -0.2) is 0 Å². The van der Waals surface area contributed by atoms with Gasteiger partial charge in [0.15, 0.2) is 11.5 Å². The van der Waals surface area contributed by atoms with Gasteiger partial charge in [0.25, 0.3) is 0 Å². The zero-order valence-corrected chi connectivity index (χ0v) is 18.0. The van der Waals surface area contributed by atoms with Crippen LogP contribution < -0.4 is 14.8 Å². The van der Waals surface area contributed by atoms with Gasteiger partial charge in [-0.1, -0.05) is 35.3 Å². The van der Waals surface area contributed by atoms with Crippen molar-refractivity contribution in [1.82, 2.24) is 5.32 Å². The lowest BCUT2D eigenvalue weighted by molar-refractivity contribution is -0.141. The lowest BCUT2D eigenvalue weighted by Gasteiger charge is -2.20. The van der Waals surface area contributed by atoms with Crippen molar-refractivity contribution in [2.24, 2.45) is 0 Å². The zero-order chi connectivity index (χ0) is 21.4. The summed E-state index contributed by atoms with van der Waals surface area (Å²) < 4.78 is 15.3. The number of amides is 1. The van der Waals surface area contributed by atoms with E-state index in [4.69, 9.17) is 37.4 Å². The van der Waals surface area contributed by atoms with Crippen molar-refractivity contribution in [3.8, 4) is 11.5 Å². The molecule has 0 aliphatic heterocycles. The van der Waals surface area contributed by atoms with Crippen LogP contribution >= 0.6 is 23.2 Å². The van der Waals surface area contributed by atoms with Crippen LogP contribution in [-0.4, -0.2) is 33.2 Å². The minimum atomic E-state index is -0.574. The molecule has 0 saturated heterocycles. The standard InChI is InChI=1S/C21H23Cl2NO5/c1-27-18-8-5-14(10-19(18)28-2)17(12-21(26)29-3)24-20(25)9-6-13-4-7-15(22)11-16(13)23/h4-5,7-8,10-11,17H,6,9,12H2,1-3H3,(H,24,25). The summed E-state index contributed by atoms with van der Waals surface area (Å²) in [7, 11) is 4.36. The van der Waals surface area contributed by atoms with Crippen LogP contribution in [0.5, 0.6) is 11.5 Å². The highest BCUT2D eigenvalue weighted by Gasteiger charge is 2.21. The summed E-state index contributed by atoms with van der Waals surface area (Å²) >= 11 is 12.1. The summed E-state index contributed by atoms with van der Waals surface area (Å²) in [5, 5.41) is 3.93. The molecule has 0 aliphatic carbocycles. The second-order valence-electron chi connectivity index (χ2n) is 6.25. The molecule has 0 aromatic heterocycles. The maximum atomic E-state index is 12.5. The lowest BCUT2D eigenvalue weighted by Crippen LogP contribution is -2.30. The molecule has 0 bridgehead atoms. The average molecular weight is 440 g/mol. The fourth-order valence-corrected chi connectivity index (χ4v) is 3.31. The van der Waals surface area contributed by atoms with Gasteiger partial charge < -0.3 is 19.5 Å². The highest BCUT2D eigenvalue weighted by atomic mass is 35.5. The second kappa shape index (κ2) is 10.9. The minimum Gasteiger partial charge on any atom is -0.493 e. The summed E-state index contributed by atoms with van der Waals surface area (Å²) in [6, 6.07) is 9.80. The highest BCUT2D eigenvalue weighted by Crippen LogP contribution is 2.31. The third-order valence-electron chi connectivity index (χ3n) is 4.38. The first-order valence-electron chi connectivity index (χ1n) is 8.90. The number of nitrogens with one attached hydrogen (secondary N) is 1. The van der Waals surface area contributed by atoms with E-state index in [0.717, 1.165) is 5.56 Å². The molecule has 1 unspecified atom stereocenters. The van der Waals surface area contributed by atoms with Crippen molar-refractivity contribution in [2.75, 3.05) is 21.3 Å². The van der Waals surface area contributed by atoms with Crippen molar-refractivity contribution < 1.29 is 23.8 Å². The number of carbonyl (C=O) groups is 2. The van der Waals surface area contributed by atoms with Gasteiger partial charge in [-0.05, 0) is 41.8 Å². The van der Waals surface area contributed by atoms with Gasteiger partial charge in [-0.3, -0.25) is 9.59 Å². The number of hydrogen-bond donors (Lipinski definition) is 1. The first-order valence-corrected chi connectivity index (χ1v) is 9.65. The molecule has 156 valence electrons. The molecule has 0 radical (unpaired) electrons. The number of methoxy groups -OCH3 is 3. The van der Waals surface area contributed by atoms with Crippen LogP contribution in [0.2, 0.25) is 10.0 Å². The Balaban J connectivity index is 2.13. The topological polar surface area (TPSA) is 73.9 Å². The third-order valence-corrected chi connectivity index (χ3v) is 4.97. The fourth-order valence-electron chi connectivity index (χ4n) is 2.81. The van der Waals surface area contributed by atoms with Gasteiger partial charge >= 0.3 is 5.97 Å². The van der Waals surface area contributed by atoms with Crippen molar-refractivity contribution in [2.45, 2.75) is 25.3 Å². The second-order valence-corrected chi connectivity index (χ2v) is 7.09. The molecule has 2 rings (SSSR count). The molecule has 1 amide bonds. The summed E-state index contributed by atoms with van der Waals surface area (Å²) in [6.45, 7) is 0. The highest BCUT2D eigenvalue weighted by molar-refractivity contribution is 6.35. The molecule has 0 spiro atoms. The van der Waals surface area contributed by atoms with E-state index < -0.39 is 12.0 Å². The number of benzene rings is 2. The molecule has 29 heavy (non-hydrogen) atoms. The Morgan fingerprint density at radius 2 is 1.72 bits per heavy atom. The van der Waals surface area contributed by atoms with Gasteiger partial charge in [0.2, 0.25) is 5.91 Å². The maximum absolute atomic E-state index is 12.5. The molecule has 6 nitrogen and oxygen atoms in total. The molecular weight excluding hydrogens is 417 g/mol. The molecule has 2 aromatic carbocycles. The van der Waals surface area contributed by atoms with Gasteiger partial charge in [0.1, 0.15) is 0 Å². The Hall–Kier alpha value is -2.44. The zero-order valence-electron chi connectivity index (χ0n) is 16.5. The first kappa shape index (κ1) is 22.8. The van der Waals surface area contributed by atoms with E-state index in [1.54, 1.807) is 36.4 Å². The van der Waals surface area contributed by atoms with E-state index >= 15 is 0 Å². The molecule has 0 fully saturated rings. The Bertz CT molecular complexity index is 872. The maximum Gasteiger partial charge on any atom is 0.307 e. The van der Waals surface area contributed by atoms with E-state index in [0.29, 0.717) is 33.5 Å². The van der Waals surface area contributed by atoms with Crippen molar-refractivity contribution in [3.63, 3.8) is 0 Å². The van der Waals surface area contributed by atoms with Gasteiger partial charge in [0, 0.05) is 16.5 Å². The Labute approximate surface area is 180 Å². The van der Waals surface area contributed by atoms with E-state index in [9.17, 15) is 9.59 Å². The van der Waals surface area contributed by atoms with Gasteiger partial charge in [-0.2, -0.15) is 0 Å². The van der Waals surface area contributed by atoms with Crippen LogP contribution in [0.15, 0.2) is 36.4 Å². The quantitative estimate of drug-likeness (QED) is 0.587. The summed E-state index contributed by atoms with van der Waals surface area (Å²) in [4.78, 5) is 24.4. The van der Waals surface area contributed by atoms with Crippen molar-refractivity contribution in [3.05, 3.63) is 57.6 Å². The number of carbonyl (C=O) groups excluding carboxylic acids is 2. The van der Waals surface area contributed by atoms with Gasteiger partial charge in [0.05, 0.1) is 33.8 Å². The Morgan fingerprint density at radius 3 is 2.34 bits per heavy atom. The SMILES string of the molecule is COC(=O)CC(NC(=O)CCc1ccc(Cl)cc1Cl)c1ccc(OC)c(OC)c1. The fraction of sp³-hybridized carbons (Fsp3) is 0.333. The molecule has 1 atom stereocenters. The number of esters is 1. The molecule has 0 saturated carbocycles. The number of rotatable bonds is 9. The third kappa shape index (κ3) is 6.54. The first-order chi connectivity index (χ1) is 13.9. The van der Waals surface area contributed by atoms with E-state index in [2.05, 4.69) is 5.32 Å². The smallest absolute Gasteiger partial charge is 0.307 e. The van der Waals surface area contributed by atoms with E-state index in [1.165, 1.54) is 21.3 Å². The largest absolute Gasteiger partial charge is 0.493 e. The number of halogens is 2. The van der Waals surface area contributed by atoms with Crippen molar-refractivity contribution >= 4 is 35.1 Å². The summed E-state index contributed by atoms with van der Waals surface area (Å²) in [6.07, 6.45) is 0.629. The molecule has 2 aromatic rings. The van der Waals surface area contributed by atoms with Crippen molar-refractivity contribution in [1.29, 1.82) is 0 Å². The predicted octanol–water partition coefficient (Wildman–Crippen LogP) is 4.36. The molecule has 0 heterocycles. The van der Waals surface area contributed by atoms with Crippen LogP contribution in [0, 0.1) is 0 Å². The van der Waals surface area contributed by atoms with E-state index in [-0.39, 0.29) is 18.7 Å². The van der Waals surface area contributed by atoms with E-state index in [1.807, 2.05) is 0 Å². The summed E-state index contributed by atoms with van der Waals surface area (Å²) in [5.74, 6) is 0.393. The normalized spacial score (nSPS) is 11.5. The van der Waals surface area contributed by atoms with Crippen LogP contribution in [0.25, 0.3) is 0 Å². The summed E-state index contributed by atoms with van der Waals surface area (Å²) in [5.41, 5.74) is 1.52. The number of hydrogen-bond acceptors (Lipinski definition) is 5. The molecule has 0 aliphatic rings.